The number of carbonyl (C=O) groups is 1. The molecule has 7 heteroatoms. The Balaban J connectivity index is 2.14. The first-order chi connectivity index (χ1) is 9.45. The van der Waals surface area contributed by atoms with Crippen molar-refractivity contribution in [1.29, 1.82) is 0 Å². The van der Waals surface area contributed by atoms with Crippen LogP contribution in [0.3, 0.4) is 0 Å². The molecule has 0 aliphatic carbocycles. The normalized spacial score (nSPS) is 20.8. The summed E-state index contributed by atoms with van der Waals surface area (Å²) in [5.41, 5.74) is 0. The van der Waals surface area contributed by atoms with Crippen LogP contribution in [0.1, 0.15) is 19.8 Å². The molecular formula is C13H20N2O4S. The van der Waals surface area contributed by atoms with Crippen LogP contribution in [-0.2, 0) is 26.6 Å². The summed E-state index contributed by atoms with van der Waals surface area (Å²) in [4.78, 5) is 12.0. The van der Waals surface area contributed by atoms with E-state index in [1.54, 1.807) is 37.0 Å². The predicted molar refractivity (Wildman–Crippen MR) is 73.5 cm³/mol. The van der Waals surface area contributed by atoms with Crippen molar-refractivity contribution in [3.05, 3.63) is 18.5 Å². The molecule has 1 aliphatic rings. The highest BCUT2D eigenvalue weighted by Gasteiger charge is 2.34. The average Bonchev–Trinajstić information content (AvgIpc) is 2.86. The molecule has 2 rings (SSSR count). The lowest BCUT2D eigenvalue weighted by molar-refractivity contribution is -0.149. The Hall–Kier alpha value is -1.34. The van der Waals surface area contributed by atoms with Gasteiger partial charge in [-0.1, -0.05) is 0 Å². The fourth-order valence-electron chi connectivity index (χ4n) is 2.39. The Labute approximate surface area is 119 Å². The lowest BCUT2D eigenvalue weighted by atomic mass is 10.0. The van der Waals surface area contributed by atoms with Crippen LogP contribution in [0.25, 0.3) is 0 Å². The smallest absolute Gasteiger partial charge is 0.310 e. The van der Waals surface area contributed by atoms with Crippen LogP contribution in [0.5, 0.6) is 0 Å². The summed E-state index contributed by atoms with van der Waals surface area (Å²) in [7, 11) is -1.74. The number of esters is 1. The van der Waals surface area contributed by atoms with E-state index < -0.39 is 10.0 Å². The first-order valence-electron chi connectivity index (χ1n) is 6.74. The van der Waals surface area contributed by atoms with E-state index in [0.29, 0.717) is 26.0 Å². The molecule has 0 bridgehead atoms. The number of hydrogen-bond acceptors (Lipinski definition) is 4. The van der Waals surface area contributed by atoms with Gasteiger partial charge in [-0.05, 0) is 25.8 Å². The summed E-state index contributed by atoms with van der Waals surface area (Å²) in [6.07, 6.45) is 4.62. The number of rotatable bonds is 4. The molecule has 0 N–H and O–H groups in total. The van der Waals surface area contributed by atoms with Crippen molar-refractivity contribution < 1.29 is 17.9 Å². The van der Waals surface area contributed by atoms with Crippen LogP contribution in [-0.4, -0.2) is 43.0 Å². The Morgan fingerprint density at radius 3 is 2.85 bits per heavy atom. The van der Waals surface area contributed by atoms with Crippen LogP contribution in [0.15, 0.2) is 23.4 Å². The Morgan fingerprint density at radius 1 is 1.50 bits per heavy atom. The second-order valence-electron chi connectivity index (χ2n) is 4.97. The van der Waals surface area contributed by atoms with Gasteiger partial charge in [-0.15, -0.1) is 0 Å². The van der Waals surface area contributed by atoms with E-state index in [0.717, 1.165) is 0 Å². The van der Waals surface area contributed by atoms with Gasteiger partial charge in [0.15, 0.2) is 0 Å². The van der Waals surface area contributed by atoms with E-state index >= 15 is 0 Å². The monoisotopic (exact) mass is 300 g/mol. The molecule has 6 nitrogen and oxygen atoms in total. The number of nitrogens with zero attached hydrogens (tertiary/aromatic N) is 2. The third kappa shape index (κ3) is 3.04. The second-order valence-corrected chi connectivity index (χ2v) is 6.90. The van der Waals surface area contributed by atoms with Crippen molar-refractivity contribution in [2.75, 3.05) is 19.7 Å². The van der Waals surface area contributed by atoms with Gasteiger partial charge in [0, 0.05) is 32.5 Å². The van der Waals surface area contributed by atoms with Crippen LogP contribution in [0.4, 0.5) is 0 Å². The zero-order valence-corrected chi connectivity index (χ0v) is 12.6. The summed E-state index contributed by atoms with van der Waals surface area (Å²) in [5.74, 6) is -0.664. The first kappa shape index (κ1) is 15.1. The third-order valence-electron chi connectivity index (χ3n) is 3.45. The molecule has 20 heavy (non-hydrogen) atoms. The van der Waals surface area contributed by atoms with Crippen LogP contribution >= 0.6 is 0 Å². The van der Waals surface area contributed by atoms with E-state index in [1.165, 1.54) is 4.31 Å². The molecule has 1 aromatic rings. The maximum Gasteiger partial charge on any atom is 0.310 e. The zero-order chi connectivity index (χ0) is 14.8. The summed E-state index contributed by atoms with van der Waals surface area (Å²) < 4.78 is 33.0. The van der Waals surface area contributed by atoms with E-state index in [9.17, 15) is 13.2 Å². The third-order valence-corrected chi connectivity index (χ3v) is 5.30. The molecule has 0 spiro atoms. The highest BCUT2D eigenvalue weighted by Crippen LogP contribution is 2.24. The maximum absolute atomic E-state index is 12.5. The average molecular weight is 300 g/mol. The minimum absolute atomic E-state index is 0.204. The van der Waals surface area contributed by atoms with Crippen molar-refractivity contribution in [2.45, 2.75) is 24.7 Å². The van der Waals surface area contributed by atoms with Crippen LogP contribution < -0.4 is 0 Å². The minimum Gasteiger partial charge on any atom is -0.466 e. The summed E-state index contributed by atoms with van der Waals surface area (Å²) >= 11 is 0. The van der Waals surface area contributed by atoms with E-state index in [1.807, 2.05) is 0 Å². The molecular weight excluding hydrogens is 280 g/mol. The number of hydrogen-bond donors (Lipinski definition) is 0. The predicted octanol–water partition coefficient (Wildman–Crippen LogP) is 0.989. The molecule has 2 heterocycles. The van der Waals surface area contributed by atoms with E-state index in [4.69, 9.17) is 4.74 Å². The highest BCUT2D eigenvalue weighted by molar-refractivity contribution is 7.89. The van der Waals surface area contributed by atoms with Gasteiger partial charge < -0.3 is 9.30 Å². The van der Waals surface area contributed by atoms with Gasteiger partial charge in [0.1, 0.15) is 0 Å². The van der Waals surface area contributed by atoms with E-state index in [2.05, 4.69) is 0 Å². The quantitative estimate of drug-likeness (QED) is 0.778. The Morgan fingerprint density at radius 2 is 2.25 bits per heavy atom. The standard InChI is InChI=1S/C13H20N2O4S/c1-3-19-13(16)11-5-4-7-15(9-11)20(17,18)12-6-8-14(2)10-12/h6,8,10-11H,3-5,7,9H2,1-2H3/t11-/m1/s1. The molecule has 112 valence electrons. The molecule has 1 aliphatic heterocycles. The zero-order valence-electron chi connectivity index (χ0n) is 11.8. The molecule has 0 amide bonds. The summed E-state index contributed by atoms with van der Waals surface area (Å²) in [6, 6.07) is 1.57. The van der Waals surface area contributed by atoms with Crippen molar-refractivity contribution >= 4 is 16.0 Å². The lowest BCUT2D eigenvalue weighted by Crippen LogP contribution is -2.42. The number of carbonyl (C=O) groups excluding carboxylic acids is 1. The number of ether oxygens (including phenoxy) is 1. The van der Waals surface area contributed by atoms with Crippen LogP contribution in [0.2, 0.25) is 0 Å². The lowest BCUT2D eigenvalue weighted by Gasteiger charge is -2.30. The molecule has 0 aromatic carbocycles. The maximum atomic E-state index is 12.5. The second kappa shape index (κ2) is 5.97. The van der Waals surface area contributed by atoms with Gasteiger partial charge in [0.05, 0.1) is 17.4 Å². The Bertz CT molecular complexity index is 579. The van der Waals surface area contributed by atoms with Crippen molar-refractivity contribution in [2.24, 2.45) is 13.0 Å². The molecule has 1 fully saturated rings. The Kier molecular flexibility index (Phi) is 4.49. The number of aromatic nitrogens is 1. The highest BCUT2D eigenvalue weighted by atomic mass is 32.2. The summed E-state index contributed by atoms with van der Waals surface area (Å²) in [5, 5.41) is 0. The molecule has 0 unspecified atom stereocenters. The van der Waals surface area contributed by atoms with E-state index in [-0.39, 0.29) is 23.3 Å². The molecule has 1 atom stereocenters. The van der Waals surface area contributed by atoms with Gasteiger partial charge in [-0.25, -0.2) is 8.42 Å². The topological polar surface area (TPSA) is 68.6 Å². The SMILES string of the molecule is CCOC(=O)[C@@H]1CCCN(S(=O)(=O)c2ccn(C)c2)C1. The van der Waals surface area contributed by atoms with Gasteiger partial charge >= 0.3 is 5.97 Å². The molecule has 1 saturated heterocycles. The van der Waals surface area contributed by atoms with Gasteiger partial charge in [-0.2, -0.15) is 4.31 Å². The molecule has 1 aromatic heterocycles. The fraction of sp³-hybridized carbons (Fsp3) is 0.615. The van der Waals surface area contributed by atoms with Gasteiger partial charge in [0.25, 0.3) is 0 Å². The first-order valence-corrected chi connectivity index (χ1v) is 8.18. The van der Waals surface area contributed by atoms with Crippen molar-refractivity contribution in [1.82, 2.24) is 8.87 Å². The van der Waals surface area contributed by atoms with Gasteiger partial charge in [-0.3, -0.25) is 4.79 Å². The fourth-order valence-corrected chi connectivity index (χ4v) is 3.97. The largest absolute Gasteiger partial charge is 0.466 e. The van der Waals surface area contributed by atoms with Crippen molar-refractivity contribution in [3.63, 3.8) is 0 Å². The summed E-state index contributed by atoms with van der Waals surface area (Å²) in [6.45, 7) is 2.73. The van der Waals surface area contributed by atoms with Crippen LogP contribution in [0, 0.1) is 5.92 Å². The van der Waals surface area contributed by atoms with Crippen molar-refractivity contribution in [3.8, 4) is 0 Å². The van der Waals surface area contributed by atoms with Gasteiger partial charge in [0.2, 0.25) is 10.0 Å². The molecule has 0 radical (unpaired) electrons. The number of aryl methyl sites for hydroxylation is 1. The minimum atomic E-state index is -3.52. The number of sulfonamides is 1. The molecule has 0 saturated carbocycles. The number of piperidine rings is 1.